The highest BCUT2D eigenvalue weighted by Crippen LogP contribution is 2.64. The van der Waals surface area contributed by atoms with Crippen LogP contribution in [0, 0.1) is 17.5 Å². The summed E-state index contributed by atoms with van der Waals surface area (Å²) in [5.74, 6) is -3.05. The Kier molecular flexibility index (Phi) is 9.12. The lowest BCUT2D eigenvalue weighted by atomic mass is 9.70. The van der Waals surface area contributed by atoms with Crippen LogP contribution in [0.5, 0.6) is 0 Å². The molecule has 284 valence electrons. The van der Waals surface area contributed by atoms with Crippen LogP contribution >= 0.6 is 14.3 Å². The molecule has 0 bridgehead atoms. The quantitative estimate of drug-likeness (QED) is 0.0871. The molecular formula is C50H34F4O2P2. The number of rotatable bonds is 8. The Hall–Kier alpha value is -6.06. The lowest BCUT2D eigenvalue weighted by Gasteiger charge is -2.32. The van der Waals surface area contributed by atoms with Gasteiger partial charge >= 0.3 is 0 Å². The van der Waals surface area contributed by atoms with E-state index in [9.17, 15) is 0 Å². The van der Waals surface area contributed by atoms with Gasteiger partial charge in [0.15, 0.2) is 14.3 Å². The van der Waals surface area contributed by atoms with Crippen molar-refractivity contribution < 1.29 is 26.7 Å². The number of allylic oxidation sites excluding steroid dienone is 5. The van der Waals surface area contributed by atoms with E-state index in [-0.39, 0.29) is 31.8 Å². The highest BCUT2D eigenvalue weighted by molar-refractivity contribution is 7.85. The molecular weight excluding hydrogens is 770 g/mol. The second kappa shape index (κ2) is 14.1. The van der Waals surface area contributed by atoms with Crippen molar-refractivity contribution in [1.29, 1.82) is 0 Å². The largest absolute Gasteiger partial charge is 0.308 e. The van der Waals surface area contributed by atoms with Gasteiger partial charge in [0.05, 0.1) is 26.6 Å². The highest BCUT2D eigenvalue weighted by atomic mass is 31.2. The van der Waals surface area contributed by atoms with E-state index < -0.39 is 43.0 Å². The predicted octanol–water partition coefficient (Wildman–Crippen LogP) is 11.3. The summed E-state index contributed by atoms with van der Waals surface area (Å²) in [5.41, 5.74) is 5.38. The fourth-order valence-electron chi connectivity index (χ4n) is 9.04. The van der Waals surface area contributed by atoms with E-state index >= 15 is 26.7 Å². The van der Waals surface area contributed by atoms with Crippen molar-refractivity contribution in [2.45, 2.75) is 12.3 Å². The van der Waals surface area contributed by atoms with E-state index in [0.29, 0.717) is 11.1 Å². The maximum Gasteiger partial charge on any atom is 0.176 e. The number of fused-ring (bicyclic) bond motifs is 10. The smallest absolute Gasteiger partial charge is 0.176 e. The standard InChI is InChI=1S/C50H34F4O2P2/c1-3-15-46(42(51)4-2)57(55,47-23-12-9-20-43(47)52)32-26-28-36-34-16-5-7-18-38(34)50(40(36)30-32)39-19-8-6-17-35(39)37-29-27-33(31-41(37)50)58(56,48-24-13-10-21-44(48)53)49-25-14-11-22-45(49)54/h3-31H,2H2,1H3/b15-3-,46-42-. The van der Waals surface area contributed by atoms with Gasteiger partial charge in [-0.2, -0.15) is 0 Å². The Morgan fingerprint density at radius 1 is 0.534 bits per heavy atom. The van der Waals surface area contributed by atoms with Crippen LogP contribution in [0.3, 0.4) is 0 Å². The molecule has 8 heteroatoms. The third-order valence-corrected chi connectivity index (χ3v) is 17.6. The maximum absolute atomic E-state index is 16.0. The van der Waals surface area contributed by atoms with Gasteiger partial charge in [-0.05, 0) is 106 Å². The van der Waals surface area contributed by atoms with Crippen LogP contribution in [0.1, 0.15) is 29.2 Å². The molecule has 1 spiro atoms. The summed E-state index contributed by atoms with van der Waals surface area (Å²) < 4.78 is 95.5. The molecule has 2 nitrogen and oxygen atoms in total. The molecule has 2 aliphatic carbocycles. The molecule has 2 aliphatic rings. The minimum Gasteiger partial charge on any atom is -0.308 e. The van der Waals surface area contributed by atoms with Crippen LogP contribution in [0.25, 0.3) is 22.3 Å². The summed E-state index contributed by atoms with van der Waals surface area (Å²) in [5, 5.41) is -0.201. The van der Waals surface area contributed by atoms with Crippen molar-refractivity contribution in [2.75, 3.05) is 0 Å². The maximum atomic E-state index is 16.0. The molecule has 0 aliphatic heterocycles. The van der Waals surface area contributed by atoms with Gasteiger partial charge in [-0.25, -0.2) is 17.6 Å². The van der Waals surface area contributed by atoms with Crippen molar-refractivity contribution in [3.8, 4) is 22.3 Å². The SMILES string of the molecule is C=C/C(F)=C(\C=C/C)P(=O)(c1ccc2c(c1)C1(c3ccccc3-2)c2ccccc2-c2ccc(P(=O)(c3ccccc3F)c3ccccc3F)cc21)c1ccccc1F. The Balaban J connectivity index is 1.40. The normalized spacial score (nSPS) is 16.6. The van der Waals surface area contributed by atoms with Crippen molar-refractivity contribution in [3.05, 3.63) is 233 Å². The molecule has 58 heavy (non-hydrogen) atoms. The number of benzene rings is 7. The molecule has 0 aromatic heterocycles. The van der Waals surface area contributed by atoms with Crippen molar-refractivity contribution >= 4 is 40.8 Å². The molecule has 0 saturated heterocycles. The molecule has 2 atom stereocenters. The second-order valence-electron chi connectivity index (χ2n) is 14.3. The third kappa shape index (κ3) is 5.18. The van der Waals surface area contributed by atoms with Crippen LogP contribution in [-0.4, -0.2) is 0 Å². The molecule has 0 amide bonds. The molecule has 9 rings (SSSR count). The predicted molar refractivity (Wildman–Crippen MR) is 228 cm³/mol. The van der Waals surface area contributed by atoms with Crippen LogP contribution in [0.2, 0.25) is 0 Å². The average Bonchev–Trinajstić information content (AvgIpc) is 3.72. The number of hydrogen-bond acceptors (Lipinski definition) is 2. The average molecular weight is 805 g/mol. The first-order chi connectivity index (χ1) is 28.1. The first-order valence-corrected chi connectivity index (χ1v) is 22.1. The van der Waals surface area contributed by atoms with E-state index in [0.717, 1.165) is 39.5 Å². The molecule has 7 aromatic rings. The van der Waals surface area contributed by atoms with Crippen molar-refractivity contribution in [3.63, 3.8) is 0 Å². The van der Waals surface area contributed by atoms with Crippen LogP contribution in [-0.2, 0) is 14.5 Å². The molecule has 7 aromatic carbocycles. The zero-order valence-electron chi connectivity index (χ0n) is 31.2. The summed E-state index contributed by atoms with van der Waals surface area (Å²) in [4.78, 5) is 0. The Labute approximate surface area is 334 Å². The highest BCUT2D eigenvalue weighted by Gasteiger charge is 2.53. The first-order valence-electron chi connectivity index (χ1n) is 18.7. The van der Waals surface area contributed by atoms with E-state index in [1.54, 1.807) is 55.5 Å². The van der Waals surface area contributed by atoms with Gasteiger partial charge in [-0.3, -0.25) is 0 Å². The minimum atomic E-state index is -4.30. The zero-order valence-corrected chi connectivity index (χ0v) is 33.0. The lowest BCUT2D eigenvalue weighted by Crippen LogP contribution is -2.31. The molecule has 0 saturated carbocycles. The molecule has 0 N–H and O–H groups in total. The minimum absolute atomic E-state index is 0.127. The van der Waals surface area contributed by atoms with Crippen LogP contribution in [0.15, 0.2) is 194 Å². The van der Waals surface area contributed by atoms with E-state index in [1.165, 1.54) is 60.7 Å². The fraction of sp³-hybridized carbons (Fsp3) is 0.0400. The van der Waals surface area contributed by atoms with Gasteiger partial charge in [0.25, 0.3) is 0 Å². The molecule has 0 radical (unpaired) electrons. The summed E-state index contributed by atoms with van der Waals surface area (Å²) in [6.07, 6.45) is 3.93. The van der Waals surface area contributed by atoms with Gasteiger partial charge in [0.1, 0.15) is 23.3 Å². The second-order valence-corrected chi connectivity index (χ2v) is 19.7. The molecule has 0 heterocycles. The Morgan fingerprint density at radius 2 is 0.948 bits per heavy atom. The summed E-state index contributed by atoms with van der Waals surface area (Å²) >= 11 is 0. The summed E-state index contributed by atoms with van der Waals surface area (Å²) in [6.45, 7) is 5.28. The zero-order chi connectivity index (χ0) is 40.4. The van der Waals surface area contributed by atoms with E-state index in [4.69, 9.17) is 0 Å². The van der Waals surface area contributed by atoms with Gasteiger partial charge in [0.2, 0.25) is 0 Å². The number of hydrogen-bond donors (Lipinski definition) is 0. The van der Waals surface area contributed by atoms with Crippen LogP contribution in [0.4, 0.5) is 17.6 Å². The Bertz CT molecular complexity index is 2960. The first kappa shape index (κ1) is 37.5. The Morgan fingerprint density at radius 3 is 1.43 bits per heavy atom. The van der Waals surface area contributed by atoms with Gasteiger partial charge in [-0.15, -0.1) is 0 Å². The van der Waals surface area contributed by atoms with Crippen molar-refractivity contribution in [1.82, 2.24) is 0 Å². The fourth-order valence-corrected chi connectivity index (χ4v) is 14.6. The lowest BCUT2D eigenvalue weighted by molar-refractivity contribution is 0.584. The topological polar surface area (TPSA) is 34.1 Å². The summed E-state index contributed by atoms with van der Waals surface area (Å²) in [6, 6.07) is 43.5. The monoisotopic (exact) mass is 804 g/mol. The van der Waals surface area contributed by atoms with Gasteiger partial charge < -0.3 is 9.13 Å². The number of halogens is 4. The van der Waals surface area contributed by atoms with E-state index in [1.807, 2.05) is 60.7 Å². The third-order valence-electron chi connectivity index (χ3n) is 11.4. The van der Waals surface area contributed by atoms with E-state index in [2.05, 4.69) is 6.58 Å². The molecule has 2 unspecified atom stereocenters. The molecule has 0 fully saturated rings. The summed E-state index contributed by atoms with van der Waals surface area (Å²) in [7, 11) is -8.52. The van der Waals surface area contributed by atoms with Gasteiger partial charge in [-0.1, -0.05) is 128 Å². The van der Waals surface area contributed by atoms with Crippen molar-refractivity contribution in [2.24, 2.45) is 0 Å². The van der Waals surface area contributed by atoms with Crippen LogP contribution < -0.4 is 26.5 Å². The van der Waals surface area contributed by atoms with Gasteiger partial charge in [0, 0.05) is 10.6 Å².